The van der Waals surface area contributed by atoms with Crippen molar-refractivity contribution in [3.8, 4) is 5.75 Å². The zero-order valence-corrected chi connectivity index (χ0v) is 19.9. The number of rotatable bonds is 8. The van der Waals surface area contributed by atoms with Gasteiger partial charge in [0.25, 0.3) is 0 Å². The van der Waals surface area contributed by atoms with E-state index >= 15 is 0 Å². The summed E-state index contributed by atoms with van der Waals surface area (Å²) in [6, 6.07) is 16.1. The second kappa shape index (κ2) is 10.3. The van der Waals surface area contributed by atoms with Crippen LogP contribution in [-0.4, -0.2) is 47.5 Å². The van der Waals surface area contributed by atoms with Gasteiger partial charge in [-0.1, -0.05) is 50.2 Å². The Hall–Kier alpha value is -3.32. The average Bonchev–Trinajstić information content (AvgIpc) is 3.41. The summed E-state index contributed by atoms with van der Waals surface area (Å²) in [6.45, 7) is 5.92. The van der Waals surface area contributed by atoms with Crippen LogP contribution in [0.2, 0.25) is 0 Å². The molecule has 1 fully saturated rings. The number of hydrogen-bond donors (Lipinski definition) is 2. The van der Waals surface area contributed by atoms with Gasteiger partial charge < -0.3 is 25.1 Å². The lowest BCUT2D eigenvalue weighted by molar-refractivity contribution is -0.138. The summed E-state index contributed by atoms with van der Waals surface area (Å²) >= 11 is 0. The van der Waals surface area contributed by atoms with Crippen LogP contribution in [0.5, 0.6) is 5.75 Å². The first kappa shape index (κ1) is 23.8. The molecule has 2 amide bonds. The second-order valence-corrected chi connectivity index (χ2v) is 9.41. The lowest BCUT2D eigenvalue weighted by Gasteiger charge is -2.31. The Morgan fingerprint density at radius 2 is 1.82 bits per heavy atom. The third-order valence-electron chi connectivity index (χ3n) is 6.37. The van der Waals surface area contributed by atoms with Crippen LogP contribution >= 0.6 is 0 Å². The molecule has 1 aliphatic rings. The molecule has 3 aromatic rings. The van der Waals surface area contributed by atoms with Crippen LogP contribution in [0.1, 0.15) is 32.8 Å². The molecular weight excluding hydrogens is 430 g/mol. The molecule has 4 atom stereocenters. The van der Waals surface area contributed by atoms with Crippen molar-refractivity contribution in [2.75, 3.05) is 6.54 Å². The molecule has 7 heteroatoms. The number of likely N-dealkylation sites (tertiary alicyclic amines) is 1. The van der Waals surface area contributed by atoms with E-state index in [9.17, 15) is 9.59 Å². The fourth-order valence-electron chi connectivity index (χ4n) is 4.54. The highest BCUT2D eigenvalue weighted by Crippen LogP contribution is 2.30. The van der Waals surface area contributed by atoms with Crippen LogP contribution < -0.4 is 15.8 Å². The maximum absolute atomic E-state index is 13.7. The molecule has 0 bridgehead atoms. The van der Waals surface area contributed by atoms with Gasteiger partial charge in [0.15, 0.2) is 0 Å². The van der Waals surface area contributed by atoms with Gasteiger partial charge in [-0.3, -0.25) is 9.59 Å². The minimum Gasteiger partial charge on any atom is -0.489 e. The number of ether oxygens (including phenoxy) is 1. The van der Waals surface area contributed by atoms with Crippen molar-refractivity contribution >= 4 is 22.8 Å². The van der Waals surface area contributed by atoms with E-state index < -0.39 is 12.1 Å². The van der Waals surface area contributed by atoms with Crippen molar-refractivity contribution in [3.05, 3.63) is 66.4 Å². The number of amides is 2. The zero-order valence-electron chi connectivity index (χ0n) is 19.9. The predicted octanol–water partition coefficient (Wildman–Crippen LogP) is 3.51. The van der Waals surface area contributed by atoms with E-state index in [0.29, 0.717) is 19.4 Å². The number of furan rings is 1. The van der Waals surface area contributed by atoms with Crippen molar-refractivity contribution in [1.82, 2.24) is 10.2 Å². The molecule has 3 N–H and O–H groups in total. The topological polar surface area (TPSA) is 97.8 Å². The summed E-state index contributed by atoms with van der Waals surface area (Å²) in [5, 5.41) is 3.90. The number of benzene rings is 2. The normalized spacial score (nSPS) is 19.9. The molecule has 2 aromatic carbocycles. The molecule has 1 aromatic heterocycles. The van der Waals surface area contributed by atoms with Crippen molar-refractivity contribution in [3.63, 3.8) is 0 Å². The van der Waals surface area contributed by atoms with Crippen molar-refractivity contribution in [2.45, 2.75) is 57.8 Å². The minimum atomic E-state index is -0.685. The van der Waals surface area contributed by atoms with Gasteiger partial charge in [-0.25, -0.2) is 0 Å². The van der Waals surface area contributed by atoms with Crippen LogP contribution in [0.25, 0.3) is 11.0 Å². The van der Waals surface area contributed by atoms with E-state index in [1.807, 2.05) is 73.3 Å². The maximum Gasteiger partial charge on any atom is 0.245 e. The Morgan fingerprint density at radius 1 is 1.12 bits per heavy atom. The van der Waals surface area contributed by atoms with Crippen molar-refractivity contribution in [1.29, 1.82) is 0 Å². The van der Waals surface area contributed by atoms with E-state index in [2.05, 4.69) is 5.32 Å². The van der Waals surface area contributed by atoms with Gasteiger partial charge >= 0.3 is 0 Å². The molecule has 4 rings (SSSR count). The summed E-state index contributed by atoms with van der Waals surface area (Å²) in [5.41, 5.74) is 7.63. The van der Waals surface area contributed by atoms with Crippen LogP contribution in [-0.2, 0) is 16.0 Å². The number of carbonyl (C=O) groups excluding carboxylic acids is 2. The van der Waals surface area contributed by atoms with E-state index in [0.717, 1.165) is 22.3 Å². The zero-order chi connectivity index (χ0) is 24.2. The van der Waals surface area contributed by atoms with Crippen LogP contribution in [0.4, 0.5) is 0 Å². The number of hydrogen-bond acceptors (Lipinski definition) is 5. The number of para-hydroxylation sites is 2. The highest BCUT2D eigenvalue weighted by atomic mass is 16.5. The first-order valence-electron chi connectivity index (χ1n) is 11.9. The van der Waals surface area contributed by atoms with Gasteiger partial charge in [-0.15, -0.1) is 0 Å². The SMILES string of the molecule is CC(C)[C@H](NC(=O)[C@@H](C)N)C(=O)N1C[C@@H](Oc2ccccc2)C[C@H]1Cc1coc2ccccc12. The minimum absolute atomic E-state index is 0.0836. The Labute approximate surface area is 200 Å². The smallest absolute Gasteiger partial charge is 0.245 e. The number of fused-ring (bicyclic) bond motifs is 1. The molecule has 0 aliphatic carbocycles. The van der Waals surface area contributed by atoms with Crippen molar-refractivity contribution < 1.29 is 18.7 Å². The standard InChI is InChI=1S/C27H33N3O4/c1-17(2)25(29-26(31)18(3)28)27(32)30-15-22(34-21-9-5-4-6-10-21)14-20(30)13-19-16-33-24-12-8-7-11-23(19)24/h4-12,16-18,20,22,25H,13-15,28H2,1-3H3,(H,29,31)/t18-,20-,22+,25+/m1/s1. The number of nitrogens with two attached hydrogens (primary N) is 1. The van der Waals surface area contributed by atoms with E-state index in [4.69, 9.17) is 14.9 Å². The monoisotopic (exact) mass is 463 g/mol. The molecule has 1 aliphatic heterocycles. The van der Waals surface area contributed by atoms with Gasteiger partial charge in [0.1, 0.15) is 23.5 Å². The summed E-state index contributed by atoms with van der Waals surface area (Å²) in [4.78, 5) is 27.9. The summed E-state index contributed by atoms with van der Waals surface area (Å²) in [6.07, 6.45) is 2.96. The fourth-order valence-corrected chi connectivity index (χ4v) is 4.54. The first-order valence-corrected chi connectivity index (χ1v) is 11.9. The predicted molar refractivity (Wildman–Crippen MR) is 131 cm³/mol. The van der Waals surface area contributed by atoms with Gasteiger partial charge in [0.05, 0.1) is 18.8 Å². The third-order valence-corrected chi connectivity index (χ3v) is 6.37. The highest BCUT2D eigenvalue weighted by molar-refractivity contribution is 5.90. The molecule has 34 heavy (non-hydrogen) atoms. The number of carbonyl (C=O) groups is 2. The molecule has 1 saturated heterocycles. The highest BCUT2D eigenvalue weighted by Gasteiger charge is 2.40. The van der Waals surface area contributed by atoms with Gasteiger partial charge in [-0.2, -0.15) is 0 Å². The van der Waals surface area contributed by atoms with Gasteiger partial charge in [0.2, 0.25) is 11.8 Å². The molecule has 180 valence electrons. The summed E-state index contributed by atoms with van der Waals surface area (Å²) < 4.78 is 12.0. The lowest BCUT2D eigenvalue weighted by atomic mass is 9.99. The van der Waals surface area contributed by atoms with Crippen LogP contribution in [0, 0.1) is 5.92 Å². The lowest BCUT2D eigenvalue weighted by Crippen LogP contribution is -2.55. The largest absolute Gasteiger partial charge is 0.489 e. The molecule has 2 heterocycles. The van der Waals surface area contributed by atoms with Crippen LogP contribution in [0.15, 0.2) is 65.3 Å². The Morgan fingerprint density at radius 3 is 2.53 bits per heavy atom. The van der Waals surface area contributed by atoms with Gasteiger partial charge in [-0.05, 0) is 37.5 Å². The molecule has 0 unspecified atom stereocenters. The quantitative estimate of drug-likeness (QED) is 0.533. The van der Waals surface area contributed by atoms with E-state index in [1.54, 1.807) is 13.2 Å². The third kappa shape index (κ3) is 5.25. The summed E-state index contributed by atoms with van der Waals surface area (Å²) in [7, 11) is 0. The Bertz CT molecular complexity index is 1130. The number of nitrogens with one attached hydrogen (secondary N) is 1. The fraction of sp³-hybridized carbons (Fsp3) is 0.407. The molecule has 7 nitrogen and oxygen atoms in total. The van der Waals surface area contributed by atoms with E-state index in [1.165, 1.54) is 0 Å². The van der Waals surface area contributed by atoms with Gasteiger partial charge in [0, 0.05) is 23.4 Å². The molecule has 0 saturated carbocycles. The first-order chi connectivity index (χ1) is 16.3. The van der Waals surface area contributed by atoms with Crippen LogP contribution in [0.3, 0.4) is 0 Å². The second-order valence-electron chi connectivity index (χ2n) is 9.41. The molecule has 0 spiro atoms. The molecule has 0 radical (unpaired) electrons. The summed E-state index contributed by atoms with van der Waals surface area (Å²) in [5.74, 6) is 0.251. The maximum atomic E-state index is 13.7. The van der Waals surface area contributed by atoms with E-state index in [-0.39, 0.29) is 29.9 Å². The number of nitrogens with zero attached hydrogens (tertiary/aromatic N) is 1. The Kier molecular flexibility index (Phi) is 7.22. The molecular formula is C27H33N3O4. The van der Waals surface area contributed by atoms with Crippen molar-refractivity contribution in [2.24, 2.45) is 11.7 Å². The Balaban J connectivity index is 1.59. The average molecular weight is 464 g/mol.